The van der Waals surface area contributed by atoms with Gasteiger partial charge in [-0.15, -0.1) is 0 Å². The minimum atomic E-state index is -0.583. The first-order valence-corrected chi connectivity index (χ1v) is 8.86. The maximum Gasteiger partial charge on any atom is 0.270 e. The SMILES string of the molecule is Cc1ccc(C(=O)N2CCC(NC(=O)c3ccc(C(N)=O)cn3)CC2)cc1. The fourth-order valence-electron chi connectivity index (χ4n) is 3.04. The molecule has 0 radical (unpaired) electrons. The van der Waals surface area contributed by atoms with Gasteiger partial charge in [0.25, 0.3) is 11.8 Å². The molecule has 1 saturated heterocycles. The number of rotatable bonds is 4. The smallest absolute Gasteiger partial charge is 0.270 e. The number of aryl methyl sites for hydroxylation is 1. The predicted molar refractivity (Wildman–Crippen MR) is 100 cm³/mol. The summed E-state index contributed by atoms with van der Waals surface area (Å²) in [5, 5.41) is 2.93. The molecule has 7 heteroatoms. The van der Waals surface area contributed by atoms with Crippen molar-refractivity contribution >= 4 is 17.7 Å². The highest BCUT2D eigenvalue weighted by Gasteiger charge is 2.25. The number of carbonyl (C=O) groups excluding carboxylic acids is 3. The van der Waals surface area contributed by atoms with Crippen LogP contribution in [0.2, 0.25) is 0 Å². The van der Waals surface area contributed by atoms with Crippen molar-refractivity contribution in [3.63, 3.8) is 0 Å². The molecular weight excluding hydrogens is 344 g/mol. The van der Waals surface area contributed by atoms with Gasteiger partial charge in [-0.25, -0.2) is 0 Å². The number of piperidine rings is 1. The maximum absolute atomic E-state index is 12.5. The van der Waals surface area contributed by atoms with Crippen LogP contribution < -0.4 is 11.1 Å². The molecule has 1 aromatic carbocycles. The lowest BCUT2D eigenvalue weighted by Crippen LogP contribution is -2.46. The molecule has 0 saturated carbocycles. The number of carbonyl (C=O) groups is 3. The highest BCUT2D eigenvalue weighted by molar-refractivity contribution is 5.96. The first-order chi connectivity index (χ1) is 12.9. The van der Waals surface area contributed by atoms with E-state index in [0.29, 0.717) is 31.5 Å². The summed E-state index contributed by atoms with van der Waals surface area (Å²) in [5.41, 5.74) is 7.46. The van der Waals surface area contributed by atoms with Crippen LogP contribution in [0.1, 0.15) is 49.6 Å². The maximum atomic E-state index is 12.5. The van der Waals surface area contributed by atoms with Crippen LogP contribution in [0.25, 0.3) is 0 Å². The quantitative estimate of drug-likeness (QED) is 0.856. The Morgan fingerprint density at radius 1 is 1.04 bits per heavy atom. The number of benzene rings is 1. The van der Waals surface area contributed by atoms with Gasteiger partial charge in [-0.3, -0.25) is 19.4 Å². The minimum absolute atomic E-state index is 0.0165. The molecular formula is C20H22N4O3. The Hall–Kier alpha value is -3.22. The van der Waals surface area contributed by atoms with E-state index in [0.717, 1.165) is 5.56 Å². The van der Waals surface area contributed by atoms with Gasteiger partial charge in [-0.2, -0.15) is 0 Å². The lowest BCUT2D eigenvalue weighted by Gasteiger charge is -2.32. The van der Waals surface area contributed by atoms with Crippen LogP contribution in [0.3, 0.4) is 0 Å². The number of nitrogens with one attached hydrogen (secondary N) is 1. The third-order valence-corrected chi connectivity index (χ3v) is 4.70. The summed E-state index contributed by atoms with van der Waals surface area (Å²) in [7, 11) is 0. The molecule has 7 nitrogen and oxygen atoms in total. The van der Waals surface area contributed by atoms with Crippen molar-refractivity contribution in [3.05, 3.63) is 65.0 Å². The van der Waals surface area contributed by atoms with Gasteiger partial charge in [0.1, 0.15) is 5.69 Å². The van der Waals surface area contributed by atoms with E-state index < -0.39 is 5.91 Å². The Labute approximate surface area is 157 Å². The van der Waals surface area contributed by atoms with E-state index in [2.05, 4.69) is 10.3 Å². The normalized spacial score (nSPS) is 14.6. The van der Waals surface area contributed by atoms with Crippen LogP contribution >= 0.6 is 0 Å². The molecule has 1 aliphatic rings. The van der Waals surface area contributed by atoms with E-state index in [1.165, 1.54) is 18.3 Å². The fourth-order valence-corrected chi connectivity index (χ4v) is 3.04. The van der Waals surface area contributed by atoms with Crippen molar-refractivity contribution in [2.75, 3.05) is 13.1 Å². The molecule has 1 aliphatic heterocycles. The second-order valence-corrected chi connectivity index (χ2v) is 6.70. The monoisotopic (exact) mass is 366 g/mol. The number of hydrogen-bond donors (Lipinski definition) is 2. The highest BCUT2D eigenvalue weighted by atomic mass is 16.2. The first kappa shape index (κ1) is 18.6. The van der Waals surface area contributed by atoms with Crippen molar-refractivity contribution in [2.45, 2.75) is 25.8 Å². The van der Waals surface area contributed by atoms with Crippen molar-refractivity contribution in [1.82, 2.24) is 15.2 Å². The van der Waals surface area contributed by atoms with Crippen molar-refractivity contribution in [2.24, 2.45) is 5.73 Å². The molecule has 0 spiro atoms. The molecule has 3 amide bonds. The van der Waals surface area contributed by atoms with E-state index in [9.17, 15) is 14.4 Å². The largest absolute Gasteiger partial charge is 0.366 e. The second-order valence-electron chi connectivity index (χ2n) is 6.70. The van der Waals surface area contributed by atoms with Gasteiger partial charge < -0.3 is 16.0 Å². The Kier molecular flexibility index (Phi) is 5.49. The molecule has 0 unspecified atom stereocenters. The van der Waals surface area contributed by atoms with Gasteiger partial charge >= 0.3 is 0 Å². The zero-order chi connectivity index (χ0) is 19.4. The van der Waals surface area contributed by atoms with Crippen molar-refractivity contribution < 1.29 is 14.4 Å². The van der Waals surface area contributed by atoms with Crippen molar-refractivity contribution in [1.29, 1.82) is 0 Å². The molecule has 1 aromatic heterocycles. The van der Waals surface area contributed by atoms with Crippen LogP contribution in [0.4, 0.5) is 0 Å². The van der Waals surface area contributed by atoms with Crippen LogP contribution in [0.15, 0.2) is 42.6 Å². The Morgan fingerprint density at radius 3 is 2.22 bits per heavy atom. The van der Waals surface area contributed by atoms with E-state index in [4.69, 9.17) is 5.73 Å². The Balaban J connectivity index is 1.53. The molecule has 0 atom stereocenters. The standard InChI is InChI=1S/C20H22N4O3/c1-13-2-4-14(5-3-13)20(27)24-10-8-16(9-11-24)23-19(26)17-7-6-15(12-22-17)18(21)25/h2-7,12,16H,8-11H2,1H3,(H2,21,25)(H,23,26). The summed E-state index contributed by atoms with van der Waals surface area (Å²) in [6.45, 7) is 3.16. The molecule has 3 N–H and O–H groups in total. The Bertz CT molecular complexity index is 839. The summed E-state index contributed by atoms with van der Waals surface area (Å²) < 4.78 is 0. The van der Waals surface area contributed by atoms with Crippen LogP contribution in [-0.4, -0.2) is 46.7 Å². The Morgan fingerprint density at radius 2 is 1.67 bits per heavy atom. The molecule has 0 bridgehead atoms. The van der Waals surface area contributed by atoms with Gasteiger partial charge in [0.2, 0.25) is 5.91 Å². The minimum Gasteiger partial charge on any atom is -0.366 e. The molecule has 3 rings (SSSR count). The topological polar surface area (TPSA) is 105 Å². The van der Waals surface area contributed by atoms with E-state index in [1.807, 2.05) is 36.1 Å². The summed E-state index contributed by atoms with van der Waals surface area (Å²) in [6, 6.07) is 10.5. The zero-order valence-electron chi connectivity index (χ0n) is 15.1. The van der Waals surface area contributed by atoms with Gasteiger partial charge in [-0.1, -0.05) is 17.7 Å². The van der Waals surface area contributed by atoms with Crippen LogP contribution in [0.5, 0.6) is 0 Å². The van der Waals surface area contributed by atoms with Gasteiger partial charge in [0.15, 0.2) is 0 Å². The average molecular weight is 366 g/mol. The van der Waals surface area contributed by atoms with Gasteiger partial charge in [-0.05, 0) is 44.0 Å². The predicted octanol–water partition coefficient (Wildman–Crippen LogP) is 1.52. The fraction of sp³-hybridized carbons (Fsp3) is 0.300. The highest BCUT2D eigenvalue weighted by Crippen LogP contribution is 2.15. The number of nitrogens with two attached hydrogens (primary N) is 1. The first-order valence-electron chi connectivity index (χ1n) is 8.86. The number of aromatic nitrogens is 1. The number of amides is 3. The zero-order valence-corrected chi connectivity index (χ0v) is 15.1. The second kappa shape index (κ2) is 7.99. The van der Waals surface area contributed by atoms with Gasteiger partial charge in [0, 0.05) is 30.9 Å². The molecule has 2 heterocycles. The molecule has 1 fully saturated rings. The molecule has 2 aromatic rings. The number of likely N-dealkylation sites (tertiary alicyclic amines) is 1. The lowest BCUT2D eigenvalue weighted by atomic mass is 10.0. The summed E-state index contributed by atoms with van der Waals surface area (Å²) >= 11 is 0. The number of pyridine rings is 1. The van der Waals surface area contributed by atoms with Crippen LogP contribution in [-0.2, 0) is 0 Å². The average Bonchev–Trinajstić information content (AvgIpc) is 2.68. The van der Waals surface area contributed by atoms with E-state index in [-0.39, 0.29) is 29.1 Å². The number of hydrogen-bond acceptors (Lipinski definition) is 4. The number of primary amides is 1. The van der Waals surface area contributed by atoms with E-state index >= 15 is 0 Å². The van der Waals surface area contributed by atoms with Crippen molar-refractivity contribution in [3.8, 4) is 0 Å². The molecule has 140 valence electrons. The van der Waals surface area contributed by atoms with E-state index in [1.54, 1.807) is 0 Å². The molecule has 27 heavy (non-hydrogen) atoms. The third-order valence-electron chi connectivity index (χ3n) is 4.70. The number of nitrogens with zero attached hydrogens (tertiary/aromatic N) is 2. The van der Waals surface area contributed by atoms with Crippen LogP contribution in [0, 0.1) is 6.92 Å². The van der Waals surface area contributed by atoms with Gasteiger partial charge in [0.05, 0.1) is 5.56 Å². The lowest BCUT2D eigenvalue weighted by molar-refractivity contribution is 0.0697. The summed E-state index contributed by atoms with van der Waals surface area (Å²) in [4.78, 5) is 41.7. The summed E-state index contributed by atoms with van der Waals surface area (Å²) in [5.74, 6) is -0.863. The third kappa shape index (κ3) is 4.49. The molecule has 0 aliphatic carbocycles. The summed E-state index contributed by atoms with van der Waals surface area (Å²) in [6.07, 6.45) is 2.66.